The van der Waals surface area contributed by atoms with Gasteiger partial charge in [0.15, 0.2) is 0 Å². The van der Waals surface area contributed by atoms with Gasteiger partial charge in [-0.25, -0.2) is 0 Å². The molecule has 3 heterocycles. The van der Waals surface area contributed by atoms with E-state index in [0.717, 1.165) is 38.6 Å². The number of likely N-dealkylation sites (tertiary alicyclic amines) is 2. The van der Waals surface area contributed by atoms with Crippen molar-refractivity contribution < 1.29 is 4.79 Å². The molecule has 136 valence electrons. The third kappa shape index (κ3) is 3.37. The molecule has 4 fully saturated rings. The number of rotatable bonds is 3. The van der Waals surface area contributed by atoms with Gasteiger partial charge in [-0.1, -0.05) is 6.42 Å². The van der Waals surface area contributed by atoms with Gasteiger partial charge in [-0.2, -0.15) is 0 Å². The van der Waals surface area contributed by atoms with Crippen molar-refractivity contribution in [2.24, 2.45) is 17.3 Å². The molecule has 3 saturated heterocycles. The number of nitrogens with zero attached hydrogens (tertiary/aromatic N) is 2. The summed E-state index contributed by atoms with van der Waals surface area (Å²) in [4.78, 5) is 18.0. The molecule has 0 radical (unpaired) electrons. The number of nitrogens with one attached hydrogen (secondary N) is 1. The molecule has 0 aromatic carbocycles. The minimum absolute atomic E-state index is 0.354. The molecule has 0 unspecified atom stereocenters. The first-order valence-electron chi connectivity index (χ1n) is 10.4. The Labute approximate surface area is 147 Å². The lowest BCUT2D eigenvalue weighted by molar-refractivity contribution is -0.135. The molecule has 24 heavy (non-hydrogen) atoms. The molecular formula is C20H35N3O. The van der Waals surface area contributed by atoms with E-state index in [1.54, 1.807) is 0 Å². The zero-order valence-electron chi connectivity index (χ0n) is 15.4. The van der Waals surface area contributed by atoms with Crippen molar-refractivity contribution >= 4 is 5.91 Å². The first kappa shape index (κ1) is 16.8. The lowest BCUT2D eigenvalue weighted by atomic mass is 9.90. The Hall–Kier alpha value is -0.610. The monoisotopic (exact) mass is 333 g/mol. The quantitative estimate of drug-likeness (QED) is 0.862. The fraction of sp³-hybridized carbons (Fsp3) is 0.950. The molecule has 1 N–H and O–H groups in total. The van der Waals surface area contributed by atoms with Crippen LogP contribution in [0.4, 0.5) is 0 Å². The van der Waals surface area contributed by atoms with Crippen LogP contribution >= 0.6 is 0 Å². The summed E-state index contributed by atoms with van der Waals surface area (Å²) in [6.07, 6.45) is 10.2. The summed E-state index contributed by atoms with van der Waals surface area (Å²) < 4.78 is 0. The van der Waals surface area contributed by atoms with Crippen LogP contribution in [0, 0.1) is 17.3 Å². The van der Waals surface area contributed by atoms with Gasteiger partial charge in [0.2, 0.25) is 5.91 Å². The van der Waals surface area contributed by atoms with E-state index in [2.05, 4.69) is 22.0 Å². The summed E-state index contributed by atoms with van der Waals surface area (Å²) in [6, 6.07) is 0.742. The van der Waals surface area contributed by atoms with E-state index in [-0.39, 0.29) is 0 Å². The maximum Gasteiger partial charge on any atom is 0.226 e. The predicted octanol–water partition coefficient (Wildman–Crippen LogP) is 2.49. The molecule has 0 aromatic rings. The van der Waals surface area contributed by atoms with E-state index < -0.39 is 0 Å². The summed E-state index contributed by atoms with van der Waals surface area (Å²) in [7, 11) is 0. The zero-order valence-corrected chi connectivity index (χ0v) is 15.4. The first-order chi connectivity index (χ1) is 11.7. The summed E-state index contributed by atoms with van der Waals surface area (Å²) in [5.41, 5.74) is 0.386. The molecule has 3 atom stereocenters. The van der Waals surface area contributed by atoms with Crippen molar-refractivity contribution in [2.45, 2.75) is 64.3 Å². The second-order valence-corrected chi connectivity index (χ2v) is 9.00. The molecular weight excluding hydrogens is 298 g/mol. The Morgan fingerprint density at radius 1 is 1.12 bits per heavy atom. The Kier molecular flexibility index (Phi) is 4.88. The highest BCUT2D eigenvalue weighted by molar-refractivity contribution is 5.82. The van der Waals surface area contributed by atoms with Gasteiger partial charge in [-0.15, -0.1) is 0 Å². The Morgan fingerprint density at radius 2 is 1.96 bits per heavy atom. The van der Waals surface area contributed by atoms with Gasteiger partial charge in [0.1, 0.15) is 0 Å². The van der Waals surface area contributed by atoms with Crippen LogP contribution in [0.25, 0.3) is 0 Å². The van der Waals surface area contributed by atoms with Gasteiger partial charge >= 0.3 is 0 Å². The van der Waals surface area contributed by atoms with Gasteiger partial charge in [0, 0.05) is 31.6 Å². The predicted molar refractivity (Wildman–Crippen MR) is 96.8 cm³/mol. The van der Waals surface area contributed by atoms with E-state index in [9.17, 15) is 4.79 Å². The largest absolute Gasteiger partial charge is 0.342 e. The Morgan fingerprint density at radius 3 is 2.75 bits per heavy atom. The summed E-state index contributed by atoms with van der Waals surface area (Å²) in [5.74, 6) is 1.55. The summed E-state index contributed by atoms with van der Waals surface area (Å²) in [5, 5.41) is 3.45. The van der Waals surface area contributed by atoms with Crippen LogP contribution in [-0.2, 0) is 4.79 Å². The minimum Gasteiger partial charge on any atom is -0.342 e. The number of piperidine rings is 3. The second-order valence-electron chi connectivity index (χ2n) is 9.00. The van der Waals surface area contributed by atoms with E-state index in [1.165, 1.54) is 58.0 Å². The van der Waals surface area contributed by atoms with Crippen molar-refractivity contribution in [1.82, 2.24) is 15.1 Å². The van der Waals surface area contributed by atoms with Gasteiger partial charge in [-0.05, 0) is 82.8 Å². The van der Waals surface area contributed by atoms with Crippen molar-refractivity contribution in [2.75, 3.05) is 39.3 Å². The molecule has 0 bridgehead atoms. The van der Waals surface area contributed by atoms with E-state index >= 15 is 0 Å². The SMILES string of the molecule is C[C@@H]1CCCCN1C[C@@H]1CCCN(C(=O)[C@@H]2CC23CCNCC3)C1. The number of hydrogen-bond donors (Lipinski definition) is 1. The van der Waals surface area contributed by atoms with Crippen LogP contribution in [0.3, 0.4) is 0 Å². The van der Waals surface area contributed by atoms with E-state index in [0.29, 0.717) is 23.2 Å². The van der Waals surface area contributed by atoms with Gasteiger partial charge in [0.25, 0.3) is 0 Å². The Balaban J connectivity index is 1.31. The molecule has 3 aliphatic heterocycles. The van der Waals surface area contributed by atoms with Crippen molar-refractivity contribution in [3.05, 3.63) is 0 Å². The molecule has 1 amide bonds. The van der Waals surface area contributed by atoms with Crippen LogP contribution < -0.4 is 5.32 Å². The van der Waals surface area contributed by atoms with Gasteiger partial charge in [0.05, 0.1) is 0 Å². The van der Waals surface area contributed by atoms with Crippen molar-refractivity contribution in [3.8, 4) is 0 Å². The molecule has 0 aromatic heterocycles. The van der Waals surface area contributed by atoms with E-state index in [1.807, 2.05) is 0 Å². The second kappa shape index (κ2) is 6.95. The fourth-order valence-electron chi connectivity index (χ4n) is 5.57. The standard InChI is InChI=1S/C20H35N3O/c1-16-5-2-3-11-22(16)14-17-6-4-12-23(15-17)19(24)18-13-20(18)7-9-21-10-8-20/h16-18,21H,2-15H2,1H3/t16-,17+,18+/m1/s1. The topological polar surface area (TPSA) is 35.6 Å². The lowest BCUT2D eigenvalue weighted by Crippen LogP contribution is -2.47. The number of hydrogen-bond acceptors (Lipinski definition) is 3. The molecule has 4 heteroatoms. The highest BCUT2D eigenvalue weighted by Crippen LogP contribution is 2.59. The molecule has 1 saturated carbocycles. The molecule has 1 spiro atoms. The Bertz CT molecular complexity index is 460. The van der Waals surface area contributed by atoms with Crippen molar-refractivity contribution in [1.29, 1.82) is 0 Å². The van der Waals surface area contributed by atoms with Crippen LogP contribution in [0.1, 0.15) is 58.3 Å². The number of carbonyl (C=O) groups excluding carboxylic acids is 1. The average molecular weight is 334 g/mol. The third-order valence-corrected chi connectivity index (χ3v) is 7.35. The summed E-state index contributed by atoms with van der Waals surface area (Å²) in [6.45, 7) is 9.12. The maximum atomic E-state index is 13.0. The fourth-order valence-corrected chi connectivity index (χ4v) is 5.57. The smallest absolute Gasteiger partial charge is 0.226 e. The van der Waals surface area contributed by atoms with Crippen LogP contribution in [0.5, 0.6) is 0 Å². The average Bonchev–Trinajstić information content (AvgIpc) is 3.30. The van der Waals surface area contributed by atoms with E-state index in [4.69, 9.17) is 0 Å². The van der Waals surface area contributed by atoms with Crippen LogP contribution in [-0.4, -0.2) is 61.0 Å². The highest BCUT2D eigenvalue weighted by Gasteiger charge is 2.58. The first-order valence-corrected chi connectivity index (χ1v) is 10.4. The van der Waals surface area contributed by atoms with Crippen molar-refractivity contribution in [3.63, 3.8) is 0 Å². The summed E-state index contributed by atoms with van der Waals surface area (Å²) >= 11 is 0. The number of carbonyl (C=O) groups is 1. The molecule has 4 nitrogen and oxygen atoms in total. The van der Waals surface area contributed by atoms with Crippen LogP contribution in [0.2, 0.25) is 0 Å². The molecule has 4 aliphatic rings. The lowest BCUT2D eigenvalue weighted by Gasteiger charge is -2.40. The zero-order chi connectivity index (χ0) is 16.6. The minimum atomic E-state index is 0.354. The maximum absolute atomic E-state index is 13.0. The molecule has 1 aliphatic carbocycles. The normalized spacial score (nSPS) is 36.7. The highest BCUT2D eigenvalue weighted by atomic mass is 16.2. The molecule has 4 rings (SSSR count). The van der Waals surface area contributed by atoms with Gasteiger partial charge in [-0.3, -0.25) is 4.79 Å². The third-order valence-electron chi connectivity index (χ3n) is 7.35. The number of amides is 1. The van der Waals surface area contributed by atoms with Gasteiger partial charge < -0.3 is 15.1 Å². The van der Waals surface area contributed by atoms with Crippen LogP contribution in [0.15, 0.2) is 0 Å².